The molecule has 7 heteroatoms. The largest absolute Gasteiger partial charge is 0.345 e. The first-order valence-corrected chi connectivity index (χ1v) is 5.55. The Balaban J connectivity index is 2.58. The standard InChI is InChI=1S/C12H12N4O3/c1-7-5-9(12-13-3-4-14-12)6-10(16(18)19)11(7)15-8(2)17/h3-6H,1-2H3,(H,13,14)(H,15,17). The Bertz CT molecular complexity index is 635. The molecule has 19 heavy (non-hydrogen) atoms. The van der Waals surface area contributed by atoms with Gasteiger partial charge in [-0.3, -0.25) is 14.9 Å². The van der Waals surface area contributed by atoms with Gasteiger partial charge in [0.15, 0.2) is 0 Å². The van der Waals surface area contributed by atoms with Crippen molar-refractivity contribution in [3.63, 3.8) is 0 Å². The highest BCUT2D eigenvalue weighted by Crippen LogP contribution is 2.32. The van der Waals surface area contributed by atoms with Crippen LogP contribution in [-0.2, 0) is 4.79 Å². The number of carbonyl (C=O) groups excluding carboxylic acids is 1. The number of carbonyl (C=O) groups is 1. The van der Waals surface area contributed by atoms with Crippen LogP contribution >= 0.6 is 0 Å². The summed E-state index contributed by atoms with van der Waals surface area (Å²) in [5, 5.41) is 13.6. The van der Waals surface area contributed by atoms with Crippen LogP contribution in [0.2, 0.25) is 0 Å². The van der Waals surface area contributed by atoms with Crippen LogP contribution in [-0.4, -0.2) is 20.8 Å². The highest BCUT2D eigenvalue weighted by molar-refractivity contribution is 5.93. The average Bonchev–Trinajstić information content (AvgIpc) is 2.84. The van der Waals surface area contributed by atoms with Gasteiger partial charge in [-0.2, -0.15) is 0 Å². The number of rotatable bonds is 3. The van der Waals surface area contributed by atoms with E-state index in [2.05, 4.69) is 15.3 Å². The summed E-state index contributed by atoms with van der Waals surface area (Å²) in [6.45, 7) is 3.01. The summed E-state index contributed by atoms with van der Waals surface area (Å²) in [6.07, 6.45) is 3.20. The SMILES string of the molecule is CC(=O)Nc1c(C)cc(-c2ncc[nH]2)cc1[N+](=O)[O-]. The van der Waals surface area contributed by atoms with Crippen LogP contribution in [0.15, 0.2) is 24.5 Å². The zero-order valence-electron chi connectivity index (χ0n) is 10.4. The fourth-order valence-corrected chi connectivity index (χ4v) is 1.81. The second-order valence-electron chi connectivity index (χ2n) is 4.06. The van der Waals surface area contributed by atoms with Crippen molar-refractivity contribution in [1.82, 2.24) is 9.97 Å². The molecule has 0 fully saturated rings. The Morgan fingerprint density at radius 3 is 2.74 bits per heavy atom. The third kappa shape index (κ3) is 2.59. The lowest BCUT2D eigenvalue weighted by molar-refractivity contribution is -0.383. The van der Waals surface area contributed by atoms with Crippen molar-refractivity contribution < 1.29 is 9.72 Å². The summed E-state index contributed by atoms with van der Waals surface area (Å²) >= 11 is 0. The number of amides is 1. The molecule has 0 aliphatic heterocycles. The minimum Gasteiger partial charge on any atom is -0.345 e. The van der Waals surface area contributed by atoms with Crippen LogP contribution in [0.5, 0.6) is 0 Å². The van der Waals surface area contributed by atoms with Crippen molar-refractivity contribution in [2.45, 2.75) is 13.8 Å². The first-order chi connectivity index (χ1) is 8.99. The lowest BCUT2D eigenvalue weighted by Crippen LogP contribution is -2.09. The monoisotopic (exact) mass is 260 g/mol. The number of aryl methyl sites for hydroxylation is 1. The zero-order chi connectivity index (χ0) is 14.0. The Labute approximate surface area is 108 Å². The molecule has 0 saturated heterocycles. The molecule has 2 rings (SSSR count). The predicted octanol–water partition coefficient (Wildman–Crippen LogP) is 2.25. The van der Waals surface area contributed by atoms with Gasteiger partial charge in [0, 0.05) is 30.9 Å². The summed E-state index contributed by atoms with van der Waals surface area (Å²) in [5.41, 5.74) is 1.27. The van der Waals surface area contributed by atoms with Gasteiger partial charge in [-0.05, 0) is 18.6 Å². The molecule has 0 aliphatic rings. The third-order valence-electron chi connectivity index (χ3n) is 2.58. The molecule has 0 bridgehead atoms. The van der Waals surface area contributed by atoms with Crippen molar-refractivity contribution in [2.75, 3.05) is 5.32 Å². The number of hydrogen-bond donors (Lipinski definition) is 2. The smallest absolute Gasteiger partial charge is 0.293 e. The average molecular weight is 260 g/mol. The second-order valence-corrected chi connectivity index (χ2v) is 4.06. The number of aromatic amines is 1. The number of H-pyrrole nitrogens is 1. The summed E-state index contributed by atoms with van der Waals surface area (Å²) in [6, 6.07) is 3.12. The molecule has 0 atom stereocenters. The molecule has 1 heterocycles. The van der Waals surface area contributed by atoms with Gasteiger partial charge in [-0.15, -0.1) is 0 Å². The summed E-state index contributed by atoms with van der Waals surface area (Å²) < 4.78 is 0. The second kappa shape index (κ2) is 4.89. The zero-order valence-corrected chi connectivity index (χ0v) is 10.4. The maximum Gasteiger partial charge on any atom is 0.293 e. The van der Waals surface area contributed by atoms with Crippen LogP contribution in [0.25, 0.3) is 11.4 Å². The van der Waals surface area contributed by atoms with Crippen LogP contribution in [0.1, 0.15) is 12.5 Å². The van der Waals surface area contributed by atoms with Crippen molar-refractivity contribution in [3.8, 4) is 11.4 Å². The maximum absolute atomic E-state index is 11.1. The number of benzene rings is 1. The molecule has 2 aromatic rings. The molecule has 7 nitrogen and oxygen atoms in total. The summed E-state index contributed by atoms with van der Waals surface area (Å²) in [7, 11) is 0. The summed E-state index contributed by atoms with van der Waals surface area (Å²) in [5.74, 6) is 0.192. The molecule has 2 N–H and O–H groups in total. The molecule has 0 spiro atoms. The molecule has 1 aromatic heterocycles. The van der Waals surface area contributed by atoms with Gasteiger partial charge in [0.1, 0.15) is 11.5 Å². The van der Waals surface area contributed by atoms with Crippen LogP contribution < -0.4 is 5.32 Å². The van der Waals surface area contributed by atoms with Gasteiger partial charge >= 0.3 is 0 Å². The van der Waals surface area contributed by atoms with Crippen molar-refractivity contribution in [2.24, 2.45) is 0 Å². The van der Waals surface area contributed by atoms with Crippen LogP contribution in [0.3, 0.4) is 0 Å². The minimum absolute atomic E-state index is 0.151. The van der Waals surface area contributed by atoms with Gasteiger partial charge in [0.2, 0.25) is 5.91 Å². The van der Waals surface area contributed by atoms with E-state index in [1.807, 2.05) is 0 Å². The molecule has 0 radical (unpaired) electrons. The number of nitrogens with one attached hydrogen (secondary N) is 2. The van der Waals surface area contributed by atoms with E-state index >= 15 is 0 Å². The first-order valence-electron chi connectivity index (χ1n) is 5.55. The summed E-state index contributed by atoms with van der Waals surface area (Å²) in [4.78, 5) is 28.6. The van der Waals surface area contributed by atoms with E-state index in [0.717, 1.165) is 0 Å². The van der Waals surface area contributed by atoms with E-state index in [-0.39, 0.29) is 17.3 Å². The lowest BCUT2D eigenvalue weighted by Gasteiger charge is -2.09. The quantitative estimate of drug-likeness (QED) is 0.652. The molecule has 98 valence electrons. The third-order valence-corrected chi connectivity index (χ3v) is 2.58. The molecule has 1 aromatic carbocycles. The number of anilines is 1. The number of aromatic nitrogens is 2. The molecule has 0 aliphatic carbocycles. The highest BCUT2D eigenvalue weighted by Gasteiger charge is 2.19. The molecular formula is C12H12N4O3. The Morgan fingerprint density at radius 1 is 1.47 bits per heavy atom. The molecular weight excluding hydrogens is 248 g/mol. The van der Waals surface area contributed by atoms with E-state index in [1.54, 1.807) is 25.4 Å². The first kappa shape index (κ1) is 12.7. The Kier molecular flexibility index (Phi) is 3.28. The van der Waals surface area contributed by atoms with Crippen molar-refractivity contribution in [3.05, 3.63) is 40.2 Å². The fourth-order valence-electron chi connectivity index (χ4n) is 1.81. The lowest BCUT2D eigenvalue weighted by atomic mass is 10.1. The number of nitro groups is 1. The predicted molar refractivity (Wildman–Crippen MR) is 69.7 cm³/mol. The topological polar surface area (TPSA) is 101 Å². The van der Waals surface area contributed by atoms with Gasteiger partial charge in [0.05, 0.1) is 4.92 Å². The van der Waals surface area contributed by atoms with E-state index in [1.165, 1.54) is 13.0 Å². The van der Waals surface area contributed by atoms with E-state index in [9.17, 15) is 14.9 Å². The van der Waals surface area contributed by atoms with E-state index in [4.69, 9.17) is 0 Å². The van der Waals surface area contributed by atoms with Crippen molar-refractivity contribution in [1.29, 1.82) is 0 Å². The Morgan fingerprint density at radius 2 is 2.21 bits per heavy atom. The normalized spacial score (nSPS) is 10.2. The number of nitrogens with zero attached hydrogens (tertiary/aromatic N) is 2. The van der Waals surface area contributed by atoms with Gasteiger partial charge < -0.3 is 10.3 Å². The molecule has 0 unspecified atom stereocenters. The fraction of sp³-hybridized carbons (Fsp3) is 0.167. The minimum atomic E-state index is -0.523. The maximum atomic E-state index is 11.1. The van der Waals surface area contributed by atoms with E-state index in [0.29, 0.717) is 17.0 Å². The highest BCUT2D eigenvalue weighted by atomic mass is 16.6. The van der Waals surface area contributed by atoms with Crippen LogP contribution in [0.4, 0.5) is 11.4 Å². The number of hydrogen-bond acceptors (Lipinski definition) is 4. The van der Waals surface area contributed by atoms with Crippen molar-refractivity contribution >= 4 is 17.3 Å². The van der Waals surface area contributed by atoms with E-state index < -0.39 is 4.92 Å². The van der Waals surface area contributed by atoms with Gasteiger partial charge in [0.25, 0.3) is 5.69 Å². The van der Waals surface area contributed by atoms with Gasteiger partial charge in [-0.1, -0.05) is 0 Å². The molecule has 0 saturated carbocycles. The number of imidazole rings is 1. The molecule has 1 amide bonds. The van der Waals surface area contributed by atoms with Crippen LogP contribution in [0, 0.1) is 17.0 Å². The Hall–Kier alpha value is -2.70. The van der Waals surface area contributed by atoms with Gasteiger partial charge in [-0.25, -0.2) is 4.98 Å². The number of nitro benzene ring substituents is 1.